The van der Waals surface area contributed by atoms with E-state index in [1.54, 1.807) is 52.3 Å². The summed E-state index contributed by atoms with van der Waals surface area (Å²) in [6.07, 6.45) is -3.77. The molecule has 1 N–H and O–H groups in total. The lowest BCUT2D eigenvalue weighted by molar-refractivity contribution is -0.182. The Balaban J connectivity index is 1.15. The van der Waals surface area contributed by atoms with E-state index in [4.69, 9.17) is 0 Å². The lowest BCUT2D eigenvalue weighted by Gasteiger charge is -2.44. The largest absolute Gasteiger partial charge is 0.416 e. The zero-order valence-electron chi connectivity index (χ0n) is 19.9. The van der Waals surface area contributed by atoms with Gasteiger partial charge in [-0.3, -0.25) is 9.59 Å². The van der Waals surface area contributed by atoms with E-state index in [1.807, 2.05) is 18.2 Å². The van der Waals surface area contributed by atoms with Gasteiger partial charge < -0.3 is 15.0 Å². The molecule has 3 aromatic carbocycles. The van der Waals surface area contributed by atoms with Gasteiger partial charge in [0, 0.05) is 37.3 Å². The van der Waals surface area contributed by atoms with Gasteiger partial charge in [-0.15, -0.1) is 0 Å². The minimum Gasteiger partial charge on any atom is -0.337 e. The van der Waals surface area contributed by atoms with Gasteiger partial charge in [-0.1, -0.05) is 42.5 Å². The Hall–Kier alpha value is -3.69. The standard InChI is InChI=1S/C28H26F3N3O3/c29-28(30,31)23-8-4-7-22(15-23)19-9-11-21(12-10-19)27(36)33-17-25(18-33)34(37)24-13-14-32(16-24)26(35)20-5-2-1-3-6-20/h1-12,15,24-25,37H,13-14,16-18H2. The highest BCUT2D eigenvalue weighted by molar-refractivity contribution is 5.95. The molecule has 37 heavy (non-hydrogen) atoms. The van der Waals surface area contributed by atoms with Crippen LogP contribution < -0.4 is 0 Å². The summed E-state index contributed by atoms with van der Waals surface area (Å²) >= 11 is 0. The van der Waals surface area contributed by atoms with Gasteiger partial charge in [-0.25, -0.2) is 0 Å². The van der Waals surface area contributed by atoms with Crippen molar-refractivity contribution in [1.29, 1.82) is 0 Å². The van der Waals surface area contributed by atoms with Crippen molar-refractivity contribution in [3.63, 3.8) is 0 Å². The van der Waals surface area contributed by atoms with E-state index in [0.29, 0.717) is 54.9 Å². The Morgan fingerprint density at radius 1 is 0.757 bits per heavy atom. The molecule has 2 aliphatic heterocycles. The van der Waals surface area contributed by atoms with Crippen LogP contribution in [0, 0.1) is 0 Å². The van der Waals surface area contributed by atoms with Crippen LogP contribution in [0.2, 0.25) is 0 Å². The summed E-state index contributed by atoms with van der Waals surface area (Å²) in [4.78, 5) is 28.9. The number of carbonyl (C=O) groups excluding carboxylic acids is 2. The molecule has 0 spiro atoms. The quantitative estimate of drug-likeness (QED) is 0.502. The first-order chi connectivity index (χ1) is 17.7. The van der Waals surface area contributed by atoms with Crippen LogP contribution in [0.15, 0.2) is 78.9 Å². The third kappa shape index (κ3) is 5.23. The van der Waals surface area contributed by atoms with Crippen molar-refractivity contribution in [2.24, 2.45) is 0 Å². The molecule has 6 nitrogen and oxygen atoms in total. The fourth-order valence-electron chi connectivity index (χ4n) is 4.86. The summed E-state index contributed by atoms with van der Waals surface area (Å²) in [6.45, 7) is 1.69. The number of likely N-dealkylation sites (tertiary alicyclic amines) is 2. The van der Waals surface area contributed by atoms with Crippen LogP contribution in [0.3, 0.4) is 0 Å². The van der Waals surface area contributed by atoms with Crippen molar-refractivity contribution in [3.8, 4) is 11.1 Å². The second-order valence-corrected chi connectivity index (χ2v) is 9.46. The zero-order chi connectivity index (χ0) is 26.2. The molecule has 2 saturated heterocycles. The summed E-state index contributed by atoms with van der Waals surface area (Å²) < 4.78 is 39.0. The van der Waals surface area contributed by atoms with E-state index in [2.05, 4.69) is 0 Å². The SMILES string of the molecule is O=C(c1ccccc1)N1CCC(N(O)C2CN(C(=O)c3ccc(-c4cccc(C(F)(F)F)c4)cc3)C2)C1. The van der Waals surface area contributed by atoms with Crippen LogP contribution in [-0.4, -0.2) is 70.1 Å². The number of hydroxylamine groups is 2. The molecule has 0 aromatic heterocycles. The smallest absolute Gasteiger partial charge is 0.337 e. The minimum absolute atomic E-state index is 0.0597. The van der Waals surface area contributed by atoms with Gasteiger partial charge in [-0.2, -0.15) is 18.2 Å². The molecular weight excluding hydrogens is 483 g/mol. The van der Waals surface area contributed by atoms with Crippen molar-refractivity contribution in [1.82, 2.24) is 14.9 Å². The summed E-state index contributed by atoms with van der Waals surface area (Å²) in [7, 11) is 0. The van der Waals surface area contributed by atoms with E-state index in [0.717, 1.165) is 12.1 Å². The minimum atomic E-state index is -4.42. The third-order valence-corrected chi connectivity index (χ3v) is 7.02. The Morgan fingerprint density at radius 2 is 1.38 bits per heavy atom. The fraction of sp³-hybridized carbons (Fsp3) is 0.286. The van der Waals surface area contributed by atoms with Gasteiger partial charge in [-0.05, 0) is 53.9 Å². The third-order valence-electron chi connectivity index (χ3n) is 7.02. The molecule has 0 aliphatic carbocycles. The fourth-order valence-corrected chi connectivity index (χ4v) is 4.86. The summed E-state index contributed by atoms with van der Waals surface area (Å²) in [5.74, 6) is -0.261. The van der Waals surface area contributed by atoms with E-state index in [1.165, 1.54) is 11.1 Å². The van der Waals surface area contributed by atoms with Gasteiger partial charge in [0.15, 0.2) is 0 Å². The van der Waals surface area contributed by atoms with E-state index in [-0.39, 0.29) is 23.9 Å². The first-order valence-corrected chi connectivity index (χ1v) is 12.1. The van der Waals surface area contributed by atoms with Crippen molar-refractivity contribution in [2.75, 3.05) is 26.2 Å². The van der Waals surface area contributed by atoms with Crippen molar-refractivity contribution >= 4 is 11.8 Å². The number of alkyl halides is 3. The van der Waals surface area contributed by atoms with Crippen LogP contribution in [-0.2, 0) is 6.18 Å². The van der Waals surface area contributed by atoms with E-state index >= 15 is 0 Å². The number of nitrogens with zero attached hydrogens (tertiary/aromatic N) is 3. The molecule has 2 fully saturated rings. The molecule has 5 rings (SSSR count). The molecule has 3 aromatic rings. The van der Waals surface area contributed by atoms with Crippen LogP contribution in [0.25, 0.3) is 11.1 Å². The van der Waals surface area contributed by atoms with Gasteiger partial charge in [0.2, 0.25) is 0 Å². The number of hydrogen-bond donors (Lipinski definition) is 1. The zero-order valence-corrected chi connectivity index (χ0v) is 19.9. The number of halogens is 3. The first-order valence-electron chi connectivity index (χ1n) is 12.1. The van der Waals surface area contributed by atoms with Gasteiger partial charge >= 0.3 is 6.18 Å². The van der Waals surface area contributed by atoms with Crippen molar-refractivity contribution in [3.05, 3.63) is 95.6 Å². The molecule has 1 atom stereocenters. The molecule has 9 heteroatoms. The van der Waals surface area contributed by atoms with Gasteiger partial charge in [0.05, 0.1) is 17.6 Å². The molecule has 2 heterocycles. The Bertz CT molecular complexity index is 1280. The maximum Gasteiger partial charge on any atom is 0.416 e. The average Bonchev–Trinajstić information content (AvgIpc) is 3.38. The van der Waals surface area contributed by atoms with Crippen molar-refractivity contribution < 1.29 is 28.0 Å². The number of benzene rings is 3. The van der Waals surface area contributed by atoms with Crippen LogP contribution in [0.1, 0.15) is 32.7 Å². The maximum absolute atomic E-state index is 13.0. The van der Waals surface area contributed by atoms with E-state index < -0.39 is 11.7 Å². The highest BCUT2D eigenvalue weighted by Crippen LogP contribution is 2.32. The Labute approximate surface area is 212 Å². The first kappa shape index (κ1) is 25.0. The van der Waals surface area contributed by atoms with Crippen LogP contribution in [0.4, 0.5) is 13.2 Å². The van der Waals surface area contributed by atoms with Crippen LogP contribution in [0.5, 0.6) is 0 Å². The van der Waals surface area contributed by atoms with Crippen molar-refractivity contribution in [2.45, 2.75) is 24.7 Å². The Morgan fingerprint density at radius 3 is 2.05 bits per heavy atom. The van der Waals surface area contributed by atoms with Gasteiger partial charge in [0.25, 0.3) is 11.8 Å². The topological polar surface area (TPSA) is 64.1 Å². The second kappa shape index (κ2) is 9.99. The maximum atomic E-state index is 13.0. The molecular formula is C28H26F3N3O3. The molecule has 1 unspecified atom stereocenters. The number of rotatable bonds is 5. The predicted molar refractivity (Wildman–Crippen MR) is 131 cm³/mol. The van der Waals surface area contributed by atoms with E-state index in [9.17, 15) is 28.0 Å². The molecule has 0 bridgehead atoms. The molecule has 2 amide bonds. The summed E-state index contributed by atoms with van der Waals surface area (Å²) in [5.41, 5.74) is 1.33. The average molecular weight is 510 g/mol. The highest BCUT2D eigenvalue weighted by atomic mass is 19.4. The number of amides is 2. The number of carbonyl (C=O) groups is 2. The molecule has 0 radical (unpaired) electrons. The van der Waals surface area contributed by atoms with Crippen LogP contribution >= 0.6 is 0 Å². The highest BCUT2D eigenvalue weighted by Gasteiger charge is 2.40. The lowest BCUT2D eigenvalue weighted by atomic mass is 10.00. The molecule has 0 saturated carbocycles. The predicted octanol–water partition coefficient (Wildman–Crippen LogP) is 4.80. The number of hydrogen-bond acceptors (Lipinski definition) is 4. The summed E-state index contributed by atoms with van der Waals surface area (Å²) in [6, 6.07) is 20.2. The lowest BCUT2D eigenvalue weighted by Crippen LogP contribution is -2.62. The molecule has 192 valence electrons. The molecule has 2 aliphatic rings. The summed E-state index contributed by atoms with van der Waals surface area (Å²) in [5, 5.41) is 12.0. The Kier molecular flexibility index (Phi) is 6.74. The van der Waals surface area contributed by atoms with Gasteiger partial charge in [0.1, 0.15) is 0 Å². The monoisotopic (exact) mass is 509 g/mol. The normalized spacial score (nSPS) is 18.2. The second-order valence-electron chi connectivity index (χ2n) is 9.46.